The van der Waals surface area contributed by atoms with Gasteiger partial charge in [0.1, 0.15) is 17.7 Å². The predicted molar refractivity (Wildman–Crippen MR) is 123 cm³/mol. The molecule has 0 bridgehead atoms. The van der Waals surface area contributed by atoms with Crippen molar-refractivity contribution in [1.29, 1.82) is 5.26 Å². The highest BCUT2D eigenvalue weighted by Gasteiger charge is 2.26. The lowest BCUT2D eigenvalue weighted by atomic mass is 10.1. The molecule has 0 saturated carbocycles. The van der Waals surface area contributed by atoms with E-state index < -0.39 is 11.9 Å². The third-order valence-electron chi connectivity index (χ3n) is 5.24. The van der Waals surface area contributed by atoms with Gasteiger partial charge in [0.25, 0.3) is 5.91 Å². The molecule has 33 heavy (non-hydrogen) atoms. The number of carbonyl (C=O) groups is 1. The molecule has 0 aliphatic heterocycles. The number of nitrogens with zero attached hydrogens (tertiary/aromatic N) is 5. The van der Waals surface area contributed by atoms with E-state index in [4.69, 9.17) is 22.6 Å². The Labute approximate surface area is 194 Å². The maximum absolute atomic E-state index is 14.5. The van der Waals surface area contributed by atoms with Crippen molar-refractivity contribution in [2.24, 2.45) is 0 Å². The fraction of sp³-hybridized carbons (Fsp3) is 0.125. The molecule has 0 fully saturated rings. The highest BCUT2D eigenvalue weighted by molar-refractivity contribution is 6.33. The van der Waals surface area contributed by atoms with E-state index in [9.17, 15) is 9.18 Å². The van der Waals surface area contributed by atoms with Gasteiger partial charge in [0.2, 0.25) is 0 Å². The van der Waals surface area contributed by atoms with E-state index in [1.165, 1.54) is 29.4 Å². The molecule has 164 valence electrons. The Morgan fingerprint density at radius 3 is 2.76 bits per heavy atom. The monoisotopic (exact) mass is 460 g/mol. The molecule has 0 spiro atoms. The number of nitrogen functional groups attached to an aromatic ring is 1. The molecule has 0 radical (unpaired) electrons. The van der Waals surface area contributed by atoms with Gasteiger partial charge in [-0.05, 0) is 55.5 Å². The first-order chi connectivity index (χ1) is 15.9. The van der Waals surface area contributed by atoms with Crippen LogP contribution in [-0.2, 0) is 6.54 Å². The molecule has 4 aromatic rings. The molecule has 7 nitrogen and oxygen atoms in total. The summed E-state index contributed by atoms with van der Waals surface area (Å²) in [5.74, 6) is -0.662. The summed E-state index contributed by atoms with van der Waals surface area (Å²) < 4.78 is 14.5. The summed E-state index contributed by atoms with van der Waals surface area (Å²) in [5, 5.41) is 9.94. The average Bonchev–Trinajstić information content (AvgIpc) is 2.83. The Bertz CT molecular complexity index is 1390. The molecule has 0 aliphatic rings. The minimum absolute atomic E-state index is 0.0838. The number of hydrogen-bond donors (Lipinski definition) is 1. The Hall–Kier alpha value is -4.09. The Morgan fingerprint density at radius 1 is 1.24 bits per heavy atom. The van der Waals surface area contributed by atoms with Gasteiger partial charge in [-0.1, -0.05) is 11.6 Å². The van der Waals surface area contributed by atoms with Crippen LogP contribution in [0, 0.1) is 17.1 Å². The number of rotatable bonds is 5. The van der Waals surface area contributed by atoms with Crippen LogP contribution in [-0.4, -0.2) is 25.8 Å². The number of hydrogen-bond acceptors (Lipinski definition) is 6. The van der Waals surface area contributed by atoms with Crippen molar-refractivity contribution in [2.75, 3.05) is 5.73 Å². The topological polar surface area (TPSA) is 109 Å². The molecule has 9 heteroatoms. The van der Waals surface area contributed by atoms with Gasteiger partial charge in [0.15, 0.2) is 0 Å². The average molecular weight is 461 g/mol. The van der Waals surface area contributed by atoms with Gasteiger partial charge in [-0.2, -0.15) is 5.26 Å². The minimum Gasteiger partial charge on any atom is -0.382 e. The maximum Gasteiger partial charge on any atom is 0.254 e. The van der Waals surface area contributed by atoms with E-state index in [1.807, 2.05) is 6.07 Å². The Kier molecular flexibility index (Phi) is 6.16. The second-order valence-electron chi connectivity index (χ2n) is 7.39. The zero-order valence-corrected chi connectivity index (χ0v) is 18.3. The van der Waals surface area contributed by atoms with Crippen LogP contribution in [0.4, 0.5) is 10.2 Å². The molecule has 2 N–H and O–H groups in total. The third kappa shape index (κ3) is 4.59. The molecule has 3 aromatic heterocycles. The van der Waals surface area contributed by atoms with Gasteiger partial charge < -0.3 is 10.6 Å². The molecule has 1 atom stereocenters. The normalized spacial score (nSPS) is 11.7. The van der Waals surface area contributed by atoms with Crippen LogP contribution in [0.3, 0.4) is 0 Å². The number of carbonyl (C=O) groups excluding carboxylic acids is 1. The minimum atomic E-state index is -0.694. The van der Waals surface area contributed by atoms with Crippen LogP contribution in [0.5, 0.6) is 0 Å². The van der Waals surface area contributed by atoms with E-state index in [-0.39, 0.29) is 29.0 Å². The van der Waals surface area contributed by atoms with E-state index in [1.54, 1.807) is 43.3 Å². The van der Waals surface area contributed by atoms with Crippen molar-refractivity contribution >= 4 is 34.2 Å². The van der Waals surface area contributed by atoms with Gasteiger partial charge in [0, 0.05) is 23.3 Å². The SMILES string of the molecule is CC(c1ncccc1F)N(Cc1ccc(C#N)cn1)C(=O)c1ccc2nc(N)c(Cl)cc2c1. The molecule has 0 aliphatic carbocycles. The van der Waals surface area contributed by atoms with Crippen molar-refractivity contribution in [3.05, 3.63) is 94.3 Å². The van der Waals surface area contributed by atoms with Gasteiger partial charge in [-0.25, -0.2) is 9.37 Å². The summed E-state index contributed by atoms with van der Waals surface area (Å²) in [4.78, 5) is 27.7. The summed E-state index contributed by atoms with van der Waals surface area (Å²) in [6.45, 7) is 1.79. The number of pyridine rings is 3. The quantitative estimate of drug-likeness (QED) is 0.463. The smallest absolute Gasteiger partial charge is 0.254 e. The first-order valence-electron chi connectivity index (χ1n) is 9.99. The lowest BCUT2D eigenvalue weighted by molar-refractivity contribution is 0.0664. The number of amides is 1. The second kappa shape index (κ2) is 9.18. The van der Waals surface area contributed by atoms with Crippen LogP contribution in [0.1, 0.15) is 40.3 Å². The van der Waals surface area contributed by atoms with Crippen LogP contribution >= 0.6 is 11.6 Å². The maximum atomic E-state index is 14.5. The largest absolute Gasteiger partial charge is 0.382 e. The lowest BCUT2D eigenvalue weighted by Crippen LogP contribution is -2.34. The van der Waals surface area contributed by atoms with Crippen LogP contribution < -0.4 is 5.73 Å². The number of nitrogens with two attached hydrogens (primary N) is 1. The zero-order chi connectivity index (χ0) is 23.5. The van der Waals surface area contributed by atoms with Crippen molar-refractivity contribution in [2.45, 2.75) is 19.5 Å². The van der Waals surface area contributed by atoms with Crippen LogP contribution in [0.2, 0.25) is 5.02 Å². The number of fused-ring (bicyclic) bond motifs is 1. The number of nitriles is 1. The van der Waals surface area contributed by atoms with Crippen molar-refractivity contribution in [3.63, 3.8) is 0 Å². The first kappa shape index (κ1) is 22.1. The number of benzene rings is 1. The summed E-state index contributed by atoms with van der Waals surface area (Å²) >= 11 is 6.10. The van der Waals surface area contributed by atoms with Gasteiger partial charge in [-0.15, -0.1) is 0 Å². The standard InChI is InChI=1S/C24H18ClFN6O/c1-14(22-20(26)3-2-8-29-22)32(13-18-6-4-15(11-27)12-30-18)24(33)16-5-7-21-17(9-16)10-19(25)23(28)31-21/h2-10,12,14H,13H2,1H3,(H2,28,31). The highest BCUT2D eigenvalue weighted by atomic mass is 35.5. The molecule has 4 rings (SSSR count). The fourth-order valence-corrected chi connectivity index (χ4v) is 3.62. The van der Waals surface area contributed by atoms with Gasteiger partial charge in [0.05, 0.1) is 40.1 Å². The third-order valence-corrected chi connectivity index (χ3v) is 5.54. The number of aromatic nitrogens is 3. The molecular weight excluding hydrogens is 443 g/mol. The Balaban J connectivity index is 1.75. The zero-order valence-electron chi connectivity index (χ0n) is 17.5. The molecule has 1 unspecified atom stereocenters. The van der Waals surface area contributed by atoms with E-state index >= 15 is 0 Å². The van der Waals surface area contributed by atoms with Gasteiger partial charge in [-0.3, -0.25) is 14.8 Å². The van der Waals surface area contributed by atoms with E-state index in [2.05, 4.69) is 15.0 Å². The highest BCUT2D eigenvalue weighted by Crippen LogP contribution is 2.27. The summed E-state index contributed by atoms with van der Waals surface area (Å²) in [7, 11) is 0. The first-order valence-corrected chi connectivity index (χ1v) is 10.4. The van der Waals surface area contributed by atoms with E-state index in [0.29, 0.717) is 27.7 Å². The summed E-state index contributed by atoms with van der Waals surface area (Å²) in [6.07, 6.45) is 2.91. The summed E-state index contributed by atoms with van der Waals surface area (Å²) in [6, 6.07) is 14.0. The van der Waals surface area contributed by atoms with Crippen molar-refractivity contribution in [3.8, 4) is 6.07 Å². The molecule has 0 saturated heterocycles. The van der Waals surface area contributed by atoms with Gasteiger partial charge >= 0.3 is 0 Å². The number of anilines is 1. The Morgan fingerprint density at radius 2 is 2.06 bits per heavy atom. The van der Waals surface area contributed by atoms with Crippen molar-refractivity contribution in [1.82, 2.24) is 19.9 Å². The fourth-order valence-electron chi connectivity index (χ4n) is 3.46. The molecule has 1 amide bonds. The second-order valence-corrected chi connectivity index (χ2v) is 7.80. The predicted octanol–water partition coefficient (Wildman–Crippen LogP) is 4.67. The molecular formula is C24H18ClFN6O. The molecule has 1 aromatic carbocycles. The van der Waals surface area contributed by atoms with Crippen LogP contribution in [0.15, 0.2) is 60.9 Å². The van der Waals surface area contributed by atoms with Crippen molar-refractivity contribution < 1.29 is 9.18 Å². The number of halogens is 2. The lowest BCUT2D eigenvalue weighted by Gasteiger charge is -2.29. The summed E-state index contributed by atoms with van der Waals surface area (Å²) in [5.41, 5.74) is 7.81. The van der Waals surface area contributed by atoms with Crippen LogP contribution in [0.25, 0.3) is 10.9 Å². The van der Waals surface area contributed by atoms with E-state index in [0.717, 1.165) is 0 Å². The molecule has 3 heterocycles.